The predicted octanol–water partition coefficient (Wildman–Crippen LogP) is 2.72. The number of para-hydroxylation sites is 1. The number of aromatic nitrogens is 1. The fourth-order valence-electron chi connectivity index (χ4n) is 1.58. The molecule has 15 heavy (non-hydrogen) atoms. The van der Waals surface area contributed by atoms with Crippen molar-refractivity contribution < 1.29 is 5.11 Å². The Labute approximate surface area is 89.6 Å². The van der Waals surface area contributed by atoms with Crippen LogP contribution in [0.25, 0.3) is 10.9 Å². The van der Waals surface area contributed by atoms with Gasteiger partial charge in [-0.3, -0.25) is 4.98 Å². The van der Waals surface area contributed by atoms with Gasteiger partial charge in [0.1, 0.15) is 0 Å². The second-order valence-electron chi connectivity index (χ2n) is 3.96. The standard InChI is InChI=1S/C13H15NO/c1-9(10(2)15)12-8-7-11-5-3-4-6-13(11)14-12/h3-10,15H,1-2H3/t9-,10-/m0/s1. The van der Waals surface area contributed by atoms with Crippen LogP contribution in [0.5, 0.6) is 0 Å². The fourth-order valence-corrected chi connectivity index (χ4v) is 1.58. The number of rotatable bonds is 2. The Bertz CT molecular complexity index is 465. The molecule has 2 heteroatoms. The lowest BCUT2D eigenvalue weighted by atomic mass is 10.0. The Morgan fingerprint density at radius 1 is 1.07 bits per heavy atom. The van der Waals surface area contributed by atoms with Crippen LogP contribution in [-0.4, -0.2) is 16.2 Å². The average molecular weight is 201 g/mol. The summed E-state index contributed by atoms with van der Waals surface area (Å²) >= 11 is 0. The molecule has 0 saturated heterocycles. The molecule has 1 aromatic heterocycles. The second-order valence-corrected chi connectivity index (χ2v) is 3.96. The van der Waals surface area contributed by atoms with Gasteiger partial charge in [-0.1, -0.05) is 31.2 Å². The first-order chi connectivity index (χ1) is 7.18. The van der Waals surface area contributed by atoms with Crippen LogP contribution >= 0.6 is 0 Å². The molecular weight excluding hydrogens is 186 g/mol. The highest BCUT2D eigenvalue weighted by molar-refractivity contribution is 5.78. The van der Waals surface area contributed by atoms with Crippen LogP contribution in [0.2, 0.25) is 0 Å². The molecule has 2 nitrogen and oxygen atoms in total. The van der Waals surface area contributed by atoms with Gasteiger partial charge >= 0.3 is 0 Å². The van der Waals surface area contributed by atoms with Crippen molar-refractivity contribution in [2.24, 2.45) is 0 Å². The van der Waals surface area contributed by atoms with Gasteiger partial charge in [0.25, 0.3) is 0 Å². The van der Waals surface area contributed by atoms with Gasteiger partial charge in [-0.05, 0) is 19.1 Å². The maximum Gasteiger partial charge on any atom is 0.0705 e. The normalized spacial score (nSPS) is 15.1. The summed E-state index contributed by atoms with van der Waals surface area (Å²) in [5.41, 5.74) is 1.94. The van der Waals surface area contributed by atoms with E-state index < -0.39 is 0 Å². The van der Waals surface area contributed by atoms with Crippen molar-refractivity contribution in [2.75, 3.05) is 0 Å². The van der Waals surface area contributed by atoms with E-state index >= 15 is 0 Å². The van der Waals surface area contributed by atoms with Gasteiger partial charge in [0, 0.05) is 17.0 Å². The van der Waals surface area contributed by atoms with E-state index in [-0.39, 0.29) is 12.0 Å². The van der Waals surface area contributed by atoms with Crippen molar-refractivity contribution in [2.45, 2.75) is 25.9 Å². The van der Waals surface area contributed by atoms with Gasteiger partial charge < -0.3 is 5.11 Å². The highest BCUT2D eigenvalue weighted by atomic mass is 16.3. The summed E-state index contributed by atoms with van der Waals surface area (Å²) in [6, 6.07) is 12.1. The first-order valence-electron chi connectivity index (χ1n) is 5.22. The van der Waals surface area contributed by atoms with Crippen molar-refractivity contribution in [3.8, 4) is 0 Å². The van der Waals surface area contributed by atoms with Crippen LogP contribution in [0, 0.1) is 0 Å². The van der Waals surface area contributed by atoms with Crippen LogP contribution in [0.4, 0.5) is 0 Å². The van der Waals surface area contributed by atoms with Crippen LogP contribution in [0.15, 0.2) is 36.4 Å². The van der Waals surface area contributed by atoms with Crippen LogP contribution in [0.1, 0.15) is 25.5 Å². The Balaban J connectivity index is 2.47. The molecule has 0 radical (unpaired) electrons. The maximum atomic E-state index is 9.51. The Morgan fingerprint density at radius 3 is 2.53 bits per heavy atom. The molecule has 1 N–H and O–H groups in total. The largest absolute Gasteiger partial charge is 0.393 e. The summed E-state index contributed by atoms with van der Waals surface area (Å²) < 4.78 is 0. The lowest BCUT2D eigenvalue weighted by Gasteiger charge is -2.14. The van der Waals surface area contributed by atoms with Gasteiger partial charge in [-0.25, -0.2) is 0 Å². The first-order valence-corrected chi connectivity index (χ1v) is 5.22. The minimum Gasteiger partial charge on any atom is -0.393 e. The summed E-state index contributed by atoms with van der Waals surface area (Å²) in [5, 5.41) is 10.6. The number of nitrogens with zero attached hydrogens (tertiary/aromatic N) is 1. The zero-order chi connectivity index (χ0) is 10.8. The molecule has 0 bridgehead atoms. The highest BCUT2D eigenvalue weighted by Crippen LogP contribution is 2.20. The minimum atomic E-state index is -0.362. The summed E-state index contributed by atoms with van der Waals surface area (Å²) in [7, 11) is 0. The zero-order valence-electron chi connectivity index (χ0n) is 9.01. The van der Waals surface area contributed by atoms with Crippen molar-refractivity contribution in [1.29, 1.82) is 0 Å². The first kappa shape index (κ1) is 10.1. The lowest BCUT2D eigenvalue weighted by molar-refractivity contribution is 0.167. The summed E-state index contributed by atoms with van der Waals surface area (Å²) in [5.74, 6) is 0.0783. The monoisotopic (exact) mass is 201 g/mol. The summed E-state index contributed by atoms with van der Waals surface area (Å²) in [6.07, 6.45) is -0.362. The van der Waals surface area contributed by atoms with Crippen molar-refractivity contribution >= 4 is 10.9 Å². The second kappa shape index (κ2) is 3.99. The van der Waals surface area contributed by atoms with Gasteiger partial charge in [0.05, 0.1) is 11.6 Å². The summed E-state index contributed by atoms with van der Waals surface area (Å²) in [6.45, 7) is 3.78. The number of aliphatic hydroxyl groups is 1. The Morgan fingerprint density at radius 2 is 1.80 bits per heavy atom. The molecule has 0 unspecified atom stereocenters. The number of hydrogen-bond acceptors (Lipinski definition) is 2. The van der Waals surface area contributed by atoms with E-state index in [0.717, 1.165) is 16.6 Å². The molecule has 0 aliphatic heterocycles. The van der Waals surface area contributed by atoms with E-state index in [1.807, 2.05) is 37.3 Å². The molecule has 2 rings (SSSR count). The number of aliphatic hydroxyl groups excluding tert-OH is 1. The Hall–Kier alpha value is -1.41. The number of fused-ring (bicyclic) bond motifs is 1. The molecule has 0 saturated carbocycles. The smallest absolute Gasteiger partial charge is 0.0705 e. The molecule has 0 spiro atoms. The molecule has 0 aliphatic rings. The highest BCUT2D eigenvalue weighted by Gasteiger charge is 2.12. The van der Waals surface area contributed by atoms with E-state index in [9.17, 15) is 5.11 Å². The van der Waals surface area contributed by atoms with E-state index in [1.54, 1.807) is 6.92 Å². The molecule has 78 valence electrons. The Kier molecular flexibility index (Phi) is 2.69. The van der Waals surface area contributed by atoms with E-state index in [0.29, 0.717) is 0 Å². The number of pyridine rings is 1. The third-order valence-corrected chi connectivity index (χ3v) is 2.81. The minimum absolute atomic E-state index is 0.0783. The molecule has 1 heterocycles. The molecule has 1 aromatic carbocycles. The van der Waals surface area contributed by atoms with Crippen LogP contribution in [0.3, 0.4) is 0 Å². The van der Waals surface area contributed by atoms with Gasteiger partial charge in [-0.2, -0.15) is 0 Å². The summed E-state index contributed by atoms with van der Waals surface area (Å²) in [4.78, 5) is 4.54. The van der Waals surface area contributed by atoms with E-state index in [4.69, 9.17) is 0 Å². The lowest BCUT2D eigenvalue weighted by Crippen LogP contribution is -2.12. The van der Waals surface area contributed by atoms with Crippen LogP contribution in [-0.2, 0) is 0 Å². The third kappa shape index (κ3) is 2.00. The molecule has 2 aromatic rings. The average Bonchev–Trinajstić information content (AvgIpc) is 2.27. The van der Waals surface area contributed by atoms with Gasteiger partial charge in [0.2, 0.25) is 0 Å². The van der Waals surface area contributed by atoms with Crippen molar-refractivity contribution in [3.63, 3.8) is 0 Å². The third-order valence-electron chi connectivity index (χ3n) is 2.81. The van der Waals surface area contributed by atoms with Gasteiger partial charge in [-0.15, -0.1) is 0 Å². The SMILES string of the molecule is C[C@H](O)[C@H](C)c1ccc2ccccc2n1. The van der Waals surface area contributed by atoms with Crippen molar-refractivity contribution in [1.82, 2.24) is 4.98 Å². The number of benzene rings is 1. The molecule has 0 amide bonds. The maximum absolute atomic E-state index is 9.51. The van der Waals surface area contributed by atoms with E-state index in [2.05, 4.69) is 11.1 Å². The number of hydrogen-bond donors (Lipinski definition) is 1. The molecular formula is C13H15NO. The van der Waals surface area contributed by atoms with Gasteiger partial charge in [0.15, 0.2) is 0 Å². The predicted molar refractivity (Wildman–Crippen MR) is 61.8 cm³/mol. The molecule has 0 fully saturated rings. The van der Waals surface area contributed by atoms with Crippen molar-refractivity contribution in [3.05, 3.63) is 42.1 Å². The zero-order valence-corrected chi connectivity index (χ0v) is 9.01. The topological polar surface area (TPSA) is 33.1 Å². The molecule has 2 atom stereocenters. The molecule has 0 aliphatic carbocycles. The fraction of sp³-hybridized carbons (Fsp3) is 0.308. The quantitative estimate of drug-likeness (QED) is 0.810. The van der Waals surface area contributed by atoms with E-state index in [1.165, 1.54) is 0 Å². The van der Waals surface area contributed by atoms with Crippen LogP contribution < -0.4 is 0 Å².